The first kappa shape index (κ1) is 20.2. The fraction of sp³-hybridized carbons (Fsp3) is 0.227. The maximum Gasteiger partial charge on any atom is 0.321 e. The van der Waals surface area contributed by atoms with Crippen molar-refractivity contribution in [2.24, 2.45) is 0 Å². The first-order valence-corrected chi connectivity index (χ1v) is 11.2. The number of aryl methyl sites for hydroxylation is 1. The van der Waals surface area contributed by atoms with Gasteiger partial charge in [-0.05, 0) is 55.5 Å². The van der Waals surface area contributed by atoms with Crippen molar-refractivity contribution in [3.05, 3.63) is 78.6 Å². The van der Waals surface area contributed by atoms with Gasteiger partial charge in [0.2, 0.25) is 10.0 Å². The number of nitrogens with one attached hydrogen (secondary N) is 1. The molecule has 7 nitrogen and oxygen atoms in total. The monoisotopic (exact) mass is 424 g/mol. The van der Waals surface area contributed by atoms with E-state index in [1.165, 1.54) is 4.31 Å². The molecule has 0 aliphatic carbocycles. The second-order valence-electron chi connectivity index (χ2n) is 7.27. The van der Waals surface area contributed by atoms with E-state index in [1.807, 2.05) is 60.3 Å². The van der Waals surface area contributed by atoms with Crippen molar-refractivity contribution < 1.29 is 13.2 Å². The van der Waals surface area contributed by atoms with Gasteiger partial charge in [-0.3, -0.25) is 0 Å². The molecule has 0 spiro atoms. The summed E-state index contributed by atoms with van der Waals surface area (Å²) in [6.45, 7) is 3.16. The number of piperazine rings is 1. The Morgan fingerprint density at radius 3 is 2.07 bits per heavy atom. The number of aromatic nitrogens is 1. The summed E-state index contributed by atoms with van der Waals surface area (Å²) in [4.78, 5) is 14.5. The van der Waals surface area contributed by atoms with Crippen molar-refractivity contribution in [3.63, 3.8) is 0 Å². The molecule has 1 fully saturated rings. The molecule has 2 heterocycles. The van der Waals surface area contributed by atoms with E-state index in [-0.39, 0.29) is 24.0 Å². The summed E-state index contributed by atoms with van der Waals surface area (Å²) in [7, 11) is -3.54. The predicted molar refractivity (Wildman–Crippen MR) is 116 cm³/mol. The first-order valence-electron chi connectivity index (χ1n) is 9.80. The second-order valence-corrected chi connectivity index (χ2v) is 9.21. The third-order valence-electron chi connectivity index (χ3n) is 5.21. The molecule has 3 aromatic rings. The van der Waals surface area contributed by atoms with E-state index in [9.17, 15) is 13.2 Å². The SMILES string of the molecule is Cc1ccc(S(=O)(=O)N2CCN(C(=O)Nc3ccc(-n4cccc4)cc3)CC2)cc1. The van der Waals surface area contributed by atoms with Crippen molar-refractivity contribution in [1.82, 2.24) is 13.8 Å². The normalized spacial score (nSPS) is 15.2. The van der Waals surface area contributed by atoms with Crippen LogP contribution >= 0.6 is 0 Å². The third kappa shape index (κ3) is 4.24. The molecular formula is C22H24N4O3S. The molecule has 1 N–H and O–H groups in total. The van der Waals surface area contributed by atoms with E-state index >= 15 is 0 Å². The zero-order chi connectivity index (χ0) is 21.1. The number of sulfonamides is 1. The minimum Gasteiger partial charge on any atom is -0.324 e. The van der Waals surface area contributed by atoms with Crippen LogP contribution in [0.3, 0.4) is 0 Å². The Kier molecular flexibility index (Phi) is 5.61. The van der Waals surface area contributed by atoms with E-state index in [0.29, 0.717) is 18.8 Å². The van der Waals surface area contributed by atoms with Crippen molar-refractivity contribution in [2.75, 3.05) is 31.5 Å². The third-order valence-corrected chi connectivity index (χ3v) is 7.12. The average molecular weight is 425 g/mol. The summed E-state index contributed by atoms with van der Waals surface area (Å²) in [6.07, 6.45) is 3.91. The Balaban J connectivity index is 1.34. The van der Waals surface area contributed by atoms with Crippen molar-refractivity contribution in [2.45, 2.75) is 11.8 Å². The number of benzene rings is 2. The largest absolute Gasteiger partial charge is 0.324 e. The summed E-state index contributed by atoms with van der Waals surface area (Å²) in [5.41, 5.74) is 2.72. The quantitative estimate of drug-likeness (QED) is 0.698. The van der Waals surface area contributed by atoms with Crippen LogP contribution in [-0.2, 0) is 10.0 Å². The van der Waals surface area contributed by atoms with Gasteiger partial charge in [0.15, 0.2) is 0 Å². The number of hydrogen-bond donors (Lipinski definition) is 1. The van der Waals surface area contributed by atoms with E-state index in [4.69, 9.17) is 0 Å². The number of rotatable bonds is 4. The van der Waals surface area contributed by atoms with Gasteiger partial charge >= 0.3 is 6.03 Å². The van der Waals surface area contributed by atoms with Gasteiger partial charge in [-0.25, -0.2) is 13.2 Å². The van der Waals surface area contributed by atoms with Crippen LogP contribution in [-0.4, -0.2) is 54.4 Å². The highest BCUT2D eigenvalue weighted by atomic mass is 32.2. The minimum absolute atomic E-state index is 0.226. The fourth-order valence-corrected chi connectivity index (χ4v) is 4.84. The van der Waals surface area contributed by atoms with Crippen molar-refractivity contribution in [3.8, 4) is 5.69 Å². The molecule has 0 atom stereocenters. The lowest BCUT2D eigenvalue weighted by molar-refractivity contribution is 0.184. The van der Waals surface area contributed by atoms with E-state index in [1.54, 1.807) is 29.2 Å². The standard InChI is InChI=1S/C22H24N4O3S/c1-18-4-10-21(11-5-18)30(28,29)26-16-14-25(15-17-26)22(27)23-19-6-8-20(9-7-19)24-12-2-3-13-24/h2-13H,14-17H2,1H3,(H,23,27). The molecule has 0 bridgehead atoms. The molecule has 1 aliphatic rings. The lowest BCUT2D eigenvalue weighted by Gasteiger charge is -2.34. The van der Waals surface area contributed by atoms with Gasteiger partial charge in [0.05, 0.1) is 4.90 Å². The highest BCUT2D eigenvalue weighted by Gasteiger charge is 2.30. The summed E-state index contributed by atoms with van der Waals surface area (Å²) in [5.74, 6) is 0. The van der Waals surface area contributed by atoms with Gasteiger partial charge in [0.25, 0.3) is 0 Å². The summed E-state index contributed by atoms with van der Waals surface area (Å²) in [6, 6.07) is 18.1. The lowest BCUT2D eigenvalue weighted by atomic mass is 10.2. The number of urea groups is 1. The van der Waals surface area contributed by atoms with Gasteiger partial charge in [-0.1, -0.05) is 17.7 Å². The van der Waals surface area contributed by atoms with Gasteiger partial charge < -0.3 is 14.8 Å². The Hall–Kier alpha value is -3.10. The predicted octanol–water partition coefficient (Wildman–Crippen LogP) is 3.32. The van der Waals surface area contributed by atoms with Crippen molar-refractivity contribution >= 4 is 21.7 Å². The van der Waals surface area contributed by atoms with E-state index < -0.39 is 10.0 Å². The van der Waals surface area contributed by atoms with Crippen molar-refractivity contribution in [1.29, 1.82) is 0 Å². The molecule has 0 unspecified atom stereocenters. The molecule has 0 radical (unpaired) electrons. The van der Waals surface area contributed by atoms with Gasteiger partial charge in [-0.2, -0.15) is 4.31 Å². The zero-order valence-electron chi connectivity index (χ0n) is 16.7. The molecule has 1 aromatic heterocycles. The Labute approximate surface area is 176 Å². The van der Waals surface area contributed by atoms with Crippen LogP contribution in [0.2, 0.25) is 0 Å². The van der Waals surface area contributed by atoms with Crippen LogP contribution in [0.1, 0.15) is 5.56 Å². The fourth-order valence-electron chi connectivity index (χ4n) is 3.42. The van der Waals surface area contributed by atoms with Crippen LogP contribution < -0.4 is 5.32 Å². The summed E-state index contributed by atoms with van der Waals surface area (Å²) in [5, 5.41) is 2.89. The minimum atomic E-state index is -3.54. The van der Waals surface area contributed by atoms with E-state index in [0.717, 1.165) is 11.3 Å². The van der Waals surface area contributed by atoms with Gasteiger partial charge in [-0.15, -0.1) is 0 Å². The lowest BCUT2D eigenvalue weighted by Crippen LogP contribution is -2.51. The first-order chi connectivity index (χ1) is 14.4. The number of carbonyl (C=O) groups is 1. The maximum absolute atomic E-state index is 12.8. The molecule has 2 amide bonds. The number of hydrogen-bond acceptors (Lipinski definition) is 3. The van der Waals surface area contributed by atoms with Gasteiger partial charge in [0, 0.05) is 49.9 Å². The molecular weight excluding hydrogens is 400 g/mol. The Morgan fingerprint density at radius 1 is 0.867 bits per heavy atom. The van der Waals surface area contributed by atoms with Crippen LogP contribution in [0.4, 0.5) is 10.5 Å². The second kappa shape index (κ2) is 8.33. The van der Waals surface area contributed by atoms with Crippen LogP contribution in [0, 0.1) is 6.92 Å². The number of amides is 2. The maximum atomic E-state index is 12.8. The Morgan fingerprint density at radius 2 is 1.47 bits per heavy atom. The highest BCUT2D eigenvalue weighted by molar-refractivity contribution is 7.89. The molecule has 1 saturated heterocycles. The molecule has 0 saturated carbocycles. The zero-order valence-corrected chi connectivity index (χ0v) is 17.5. The number of carbonyl (C=O) groups excluding carboxylic acids is 1. The van der Waals surface area contributed by atoms with Crippen LogP contribution in [0.15, 0.2) is 78.0 Å². The molecule has 8 heteroatoms. The number of anilines is 1. The van der Waals surface area contributed by atoms with Crippen LogP contribution in [0.5, 0.6) is 0 Å². The van der Waals surface area contributed by atoms with Gasteiger partial charge in [0.1, 0.15) is 0 Å². The Bertz CT molecular complexity index is 1100. The van der Waals surface area contributed by atoms with E-state index in [2.05, 4.69) is 5.32 Å². The molecule has 30 heavy (non-hydrogen) atoms. The topological polar surface area (TPSA) is 74.7 Å². The molecule has 2 aromatic carbocycles. The summed E-state index contributed by atoms with van der Waals surface area (Å²) < 4.78 is 29.0. The molecule has 1 aliphatic heterocycles. The van der Waals surface area contributed by atoms with Crippen LogP contribution in [0.25, 0.3) is 5.69 Å². The highest BCUT2D eigenvalue weighted by Crippen LogP contribution is 2.19. The number of nitrogens with zero attached hydrogens (tertiary/aromatic N) is 3. The summed E-state index contributed by atoms with van der Waals surface area (Å²) >= 11 is 0. The molecule has 4 rings (SSSR count). The molecule has 156 valence electrons. The average Bonchev–Trinajstić information content (AvgIpc) is 3.30. The smallest absolute Gasteiger partial charge is 0.321 e.